The van der Waals surface area contributed by atoms with Crippen LogP contribution in [0.25, 0.3) is 0 Å². The highest BCUT2D eigenvalue weighted by Gasteiger charge is 1.99. The minimum Gasteiger partial charge on any atom is -0.481 e. The average Bonchev–Trinajstić information content (AvgIpc) is 2.75. The first-order valence-electron chi connectivity index (χ1n) is 5.54. The zero-order valence-corrected chi connectivity index (χ0v) is 10.9. The second-order valence-electron chi connectivity index (χ2n) is 3.79. The lowest BCUT2D eigenvalue weighted by Crippen LogP contribution is -2.12. The molecule has 0 spiro atoms. The fourth-order valence-corrected chi connectivity index (χ4v) is 2.42. The van der Waals surface area contributed by atoms with Gasteiger partial charge < -0.3 is 10.1 Å². The van der Waals surface area contributed by atoms with Crippen LogP contribution in [0.3, 0.4) is 0 Å². The third-order valence-electron chi connectivity index (χ3n) is 2.39. The van der Waals surface area contributed by atoms with Crippen molar-refractivity contribution >= 4 is 11.3 Å². The van der Waals surface area contributed by atoms with Crippen LogP contribution in [0, 0.1) is 6.92 Å². The van der Waals surface area contributed by atoms with Crippen molar-refractivity contribution < 1.29 is 4.74 Å². The third-order valence-corrected chi connectivity index (χ3v) is 3.39. The van der Waals surface area contributed by atoms with Crippen molar-refractivity contribution in [3.63, 3.8) is 0 Å². The van der Waals surface area contributed by atoms with Crippen LogP contribution in [0.2, 0.25) is 0 Å². The molecule has 2 heterocycles. The number of nitrogens with zero attached hydrogens (tertiary/aromatic N) is 1. The molecule has 0 saturated carbocycles. The first-order chi connectivity index (χ1) is 8.28. The Morgan fingerprint density at radius 1 is 1.24 bits per heavy atom. The Labute approximate surface area is 105 Å². The normalized spacial score (nSPS) is 10.5. The van der Waals surface area contributed by atoms with Crippen molar-refractivity contribution in [2.24, 2.45) is 0 Å². The zero-order valence-electron chi connectivity index (χ0n) is 10.1. The molecule has 4 heteroatoms. The standard InChI is InChI=1S/C13H16N2OS/c1-10-6-7-12(17-10)9-14-8-11-4-3-5-13(15-11)16-2/h3-7,14H,8-9H2,1-2H3. The molecule has 90 valence electrons. The van der Waals surface area contributed by atoms with Gasteiger partial charge in [-0.3, -0.25) is 0 Å². The van der Waals surface area contributed by atoms with Gasteiger partial charge in [-0.05, 0) is 25.1 Å². The number of methoxy groups -OCH3 is 1. The first kappa shape index (κ1) is 12.1. The van der Waals surface area contributed by atoms with E-state index in [-0.39, 0.29) is 0 Å². The van der Waals surface area contributed by atoms with E-state index in [0.717, 1.165) is 18.8 Å². The Kier molecular flexibility index (Phi) is 4.12. The van der Waals surface area contributed by atoms with Gasteiger partial charge >= 0.3 is 0 Å². The number of nitrogens with one attached hydrogen (secondary N) is 1. The molecule has 0 aliphatic heterocycles. The minimum atomic E-state index is 0.663. The smallest absolute Gasteiger partial charge is 0.213 e. The fraction of sp³-hybridized carbons (Fsp3) is 0.308. The van der Waals surface area contributed by atoms with Crippen molar-refractivity contribution in [1.82, 2.24) is 10.3 Å². The van der Waals surface area contributed by atoms with E-state index in [1.807, 2.05) is 29.5 Å². The summed E-state index contributed by atoms with van der Waals surface area (Å²) in [6.07, 6.45) is 0. The summed E-state index contributed by atoms with van der Waals surface area (Å²) in [4.78, 5) is 7.05. The quantitative estimate of drug-likeness (QED) is 0.883. The number of pyridine rings is 1. The van der Waals surface area contributed by atoms with Crippen LogP contribution in [0.5, 0.6) is 5.88 Å². The van der Waals surface area contributed by atoms with Gasteiger partial charge in [0, 0.05) is 28.9 Å². The molecule has 0 fully saturated rings. The number of ether oxygens (including phenoxy) is 1. The Bertz CT molecular complexity index is 482. The monoisotopic (exact) mass is 248 g/mol. The molecule has 0 atom stereocenters. The molecular formula is C13H16N2OS. The fourth-order valence-electron chi connectivity index (χ4n) is 1.56. The van der Waals surface area contributed by atoms with Gasteiger partial charge in [0.15, 0.2) is 0 Å². The van der Waals surface area contributed by atoms with Gasteiger partial charge in [-0.15, -0.1) is 11.3 Å². The molecule has 2 rings (SSSR count). The van der Waals surface area contributed by atoms with Crippen molar-refractivity contribution in [2.75, 3.05) is 7.11 Å². The van der Waals surface area contributed by atoms with Crippen LogP contribution in [0.1, 0.15) is 15.4 Å². The Balaban J connectivity index is 1.85. The molecule has 1 N–H and O–H groups in total. The van der Waals surface area contributed by atoms with Crippen molar-refractivity contribution in [3.8, 4) is 5.88 Å². The van der Waals surface area contributed by atoms with E-state index in [2.05, 4.69) is 29.4 Å². The molecular weight excluding hydrogens is 232 g/mol. The third kappa shape index (κ3) is 3.54. The Hall–Kier alpha value is -1.39. The van der Waals surface area contributed by atoms with E-state index >= 15 is 0 Å². The van der Waals surface area contributed by atoms with Crippen LogP contribution in [0.15, 0.2) is 30.3 Å². The van der Waals surface area contributed by atoms with Gasteiger partial charge in [0.25, 0.3) is 0 Å². The summed E-state index contributed by atoms with van der Waals surface area (Å²) in [6.45, 7) is 3.77. The summed E-state index contributed by atoms with van der Waals surface area (Å²) in [6, 6.07) is 10.1. The van der Waals surface area contributed by atoms with Crippen LogP contribution < -0.4 is 10.1 Å². The van der Waals surface area contributed by atoms with Crippen molar-refractivity contribution in [3.05, 3.63) is 45.8 Å². The van der Waals surface area contributed by atoms with Crippen LogP contribution >= 0.6 is 11.3 Å². The molecule has 0 aliphatic carbocycles. The summed E-state index contributed by atoms with van der Waals surface area (Å²) in [5.41, 5.74) is 0.998. The number of hydrogen-bond acceptors (Lipinski definition) is 4. The van der Waals surface area contributed by atoms with Gasteiger partial charge in [-0.2, -0.15) is 0 Å². The SMILES string of the molecule is COc1cccc(CNCc2ccc(C)s2)n1. The van der Waals surface area contributed by atoms with Gasteiger partial charge in [0.1, 0.15) is 0 Å². The molecule has 0 unspecified atom stereocenters. The molecule has 0 bridgehead atoms. The van der Waals surface area contributed by atoms with Gasteiger partial charge in [-0.1, -0.05) is 6.07 Å². The summed E-state index contributed by atoms with van der Waals surface area (Å²) in [7, 11) is 1.63. The molecule has 2 aromatic heterocycles. The van der Waals surface area contributed by atoms with Gasteiger partial charge in [0.2, 0.25) is 5.88 Å². The number of aryl methyl sites for hydroxylation is 1. The van der Waals surface area contributed by atoms with E-state index < -0.39 is 0 Å². The van der Waals surface area contributed by atoms with E-state index in [1.54, 1.807) is 7.11 Å². The Morgan fingerprint density at radius 3 is 2.82 bits per heavy atom. The predicted octanol–water partition coefficient (Wildman–Crippen LogP) is 2.75. The molecule has 2 aromatic rings. The van der Waals surface area contributed by atoms with Crippen LogP contribution in [-0.2, 0) is 13.1 Å². The van der Waals surface area contributed by atoms with Gasteiger partial charge in [-0.25, -0.2) is 4.98 Å². The molecule has 0 saturated heterocycles. The maximum atomic E-state index is 5.09. The predicted molar refractivity (Wildman–Crippen MR) is 70.4 cm³/mol. The van der Waals surface area contributed by atoms with Crippen LogP contribution in [0.4, 0.5) is 0 Å². The lowest BCUT2D eigenvalue weighted by Gasteiger charge is -2.04. The molecule has 0 amide bonds. The van der Waals surface area contributed by atoms with Gasteiger partial charge in [0.05, 0.1) is 12.8 Å². The first-order valence-corrected chi connectivity index (χ1v) is 6.35. The van der Waals surface area contributed by atoms with Crippen molar-refractivity contribution in [2.45, 2.75) is 20.0 Å². The molecule has 0 aromatic carbocycles. The molecule has 0 radical (unpaired) electrons. The van der Waals surface area contributed by atoms with Crippen molar-refractivity contribution in [1.29, 1.82) is 0 Å². The van der Waals surface area contributed by atoms with Crippen LogP contribution in [-0.4, -0.2) is 12.1 Å². The molecule has 3 nitrogen and oxygen atoms in total. The number of rotatable bonds is 5. The largest absolute Gasteiger partial charge is 0.481 e. The zero-order chi connectivity index (χ0) is 12.1. The maximum absolute atomic E-state index is 5.09. The second kappa shape index (κ2) is 5.80. The summed E-state index contributed by atoms with van der Waals surface area (Å²) >= 11 is 1.82. The summed E-state index contributed by atoms with van der Waals surface area (Å²) < 4.78 is 5.09. The molecule has 0 aliphatic rings. The Morgan fingerprint density at radius 2 is 2.12 bits per heavy atom. The highest BCUT2D eigenvalue weighted by molar-refractivity contribution is 7.11. The van der Waals surface area contributed by atoms with E-state index in [1.165, 1.54) is 9.75 Å². The average molecular weight is 248 g/mol. The van der Waals surface area contributed by atoms with E-state index in [4.69, 9.17) is 4.74 Å². The number of hydrogen-bond donors (Lipinski definition) is 1. The lowest BCUT2D eigenvalue weighted by atomic mass is 10.3. The molecule has 17 heavy (non-hydrogen) atoms. The lowest BCUT2D eigenvalue weighted by molar-refractivity contribution is 0.395. The number of aromatic nitrogens is 1. The summed E-state index contributed by atoms with van der Waals surface area (Å²) in [5.74, 6) is 0.663. The van der Waals surface area contributed by atoms with E-state index in [0.29, 0.717) is 5.88 Å². The van der Waals surface area contributed by atoms with E-state index in [9.17, 15) is 0 Å². The minimum absolute atomic E-state index is 0.663. The topological polar surface area (TPSA) is 34.1 Å². The number of thiophene rings is 1. The summed E-state index contributed by atoms with van der Waals surface area (Å²) in [5, 5.41) is 3.37. The maximum Gasteiger partial charge on any atom is 0.213 e. The highest BCUT2D eigenvalue weighted by atomic mass is 32.1. The second-order valence-corrected chi connectivity index (χ2v) is 5.16. The highest BCUT2D eigenvalue weighted by Crippen LogP contribution is 2.14.